The Hall–Kier alpha value is -2.21. The number of rotatable bonds is 4. The molecular weight excluding hydrogens is 292 g/mol. The van der Waals surface area contributed by atoms with Crippen molar-refractivity contribution in [3.8, 4) is 11.4 Å². The molecule has 1 saturated heterocycles. The molecule has 1 aromatic carbocycles. The maximum atomic E-state index is 12.5. The summed E-state index contributed by atoms with van der Waals surface area (Å²) in [4.78, 5) is 14.4. The molecule has 0 saturated carbocycles. The minimum absolute atomic E-state index is 0.0601. The molecule has 0 aliphatic carbocycles. The lowest BCUT2D eigenvalue weighted by molar-refractivity contribution is 0.0651. The van der Waals surface area contributed by atoms with Gasteiger partial charge in [-0.2, -0.15) is 0 Å². The molecule has 0 radical (unpaired) electrons. The van der Waals surface area contributed by atoms with Gasteiger partial charge >= 0.3 is 0 Å². The predicted molar refractivity (Wildman–Crippen MR) is 86.8 cm³/mol. The van der Waals surface area contributed by atoms with Gasteiger partial charge in [-0.15, -0.1) is 10.2 Å². The summed E-state index contributed by atoms with van der Waals surface area (Å²) in [6.45, 7) is 4.50. The summed E-state index contributed by atoms with van der Waals surface area (Å²) in [5.41, 5.74) is 1.65. The number of benzene rings is 1. The Kier molecular flexibility index (Phi) is 4.71. The van der Waals surface area contributed by atoms with E-state index in [-0.39, 0.29) is 12.5 Å². The standard InChI is InChI=1S/C17H22N4O2/c1-2-20-12-18-19-16(20)14-3-5-15(6-4-14)17(23)21-9-7-13(11-22)8-10-21/h3-6,12-13,22H,2,7-11H2,1H3. The molecule has 0 atom stereocenters. The van der Waals surface area contributed by atoms with Crippen molar-refractivity contribution in [2.45, 2.75) is 26.3 Å². The molecule has 1 amide bonds. The van der Waals surface area contributed by atoms with Crippen LogP contribution in [0.3, 0.4) is 0 Å². The number of aliphatic hydroxyl groups excluding tert-OH is 1. The van der Waals surface area contributed by atoms with E-state index in [1.807, 2.05) is 40.7 Å². The molecule has 122 valence electrons. The van der Waals surface area contributed by atoms with Crippen LogP contribution in [0.15, 0.2) is 30.6 Å². The fourth-order valence-corrected chi connectivity index (χ4v) is 2.97. The van der Waals surface area contributed by atoms with Crippen molar-refractivity contribution < 1.29 is 9.90 Å². The topological polar surface area (TPSA) is 71.2 Å². The molecule has 23 heavy (non-hydrogen) atoms. The van der Waals surface area contributed by atoms with Gasteiger partial charge in [-0.05, 0) is 37.8 Å². The van der Waals surface area contributed by atoms with Crippen LogP contribution < -0.4 is 0 Å². The Labute approximate surface area is 135 Å². The summed E-state index contributed by atoms with van der Waals surface area (Å²) >= 11 is 0. The van der Waals surface area contributed by atoms with E-state index in [0.717, 1.165) is 43.9 Å². The third-order valence-corrected chi connectivity index (χ3v) is 4.51. The lowest BCUT2D eigenvalue weighted by Gasteiger charge is -2.31. The van der Waals surface area contributed by atoms with E-state index in [1.165, 1.54) is 0 Å². The van der Waals surface area contributed by atoms with Crippen LogP contribution in [-0.4, -0.2) is 50.4 Å². The van der Waals surface area contributed by atoms with Gasteiger partial charge < -0.3 is 14.6 Å². The van der Waals surface area contributed by atoms with Crippen LogP contribution in [0.4, 0.5) is 0 Å². The van der Waals surface area contributed by atoms with Gasteiger partial charge in [0.05, 0.1) is 0 Å². The Morgan fingerprint density at radius 2 is 1.96 bits per heavy atom. The van der Waals surface area contributed by atoms with Crippen molar-refractivity contribution in [2.24, 2.45) is 5.92 Å². The average Bonchev–Trinajstić information content (AvgIpc) is 3.10. The smallest absolute Gasteiger partial charge is 0.253 e. The lowest BCUT2D eigenvalue weighted by atomic mass is 9.97. The van der Waals surface area contributed by atoms with Crippen LogP contribution in [0, 0.1) is 5.92 Å². The summed E-state index contributed by atoms with van der Waals surface area (Å²) in [6, 6.07) is 7.54. The molecule has 0 unspecified atom stereocenters. The number of aryl methyl sites for hydroxylation is 1. The number of amides is 1. The Bertz CT molecular complexity index is 657. The number of hydrogen-bond acceptors (Lipinski definition) is 4. The second-order valence-corrected chi connectivity index (χ2v) is 5.94. The third-order valence-electron chi connectivity index (χ3n) is 4.51. The van der Waals surface area contributed by atoms with Crippen molar-refractivity contribution in [1.82, 2.24) is 19.7 Å². The number of nitrogens with zero attached hydrogens (tertiary/aromatic N) is 4. The number of piperidine rings is 1. The van der Waals surface area contributed by atoms with Gasteiger partial charge in [0.1, 0.15) is 6.33 Å². The molecule has 1 fully saturated rings. The minimum atomic E-state index is 0.0601. The van der Waals surface area contributed by atoms with E-state index in [1.54, 1.807) is 6.33 Å². The maximum absolute atomic E-state index is 12.5. The fraction of sp³-hybridized carbons (Fsp3) is 0.471. The van der Waals surface area contributed by atoms with Crippen LogP contribution in [0.25, 0.3) is 11.4 Å². The lowest BCUT2D eigenvalue weighted by Crippen LogP contribution is -2.39. The van der Waals surface area contributed by atoms with Crippen LogP contribution in [-0.2, 0) is 6.54 Å². The Balaban J connectivity index is 1.71. The molecule has 6 nitrogen and oxygen atoms in total. The maximum Gasteiger partial charge on any atom is 0.253 e. The average molecular weight is 314 g/mol. The molecular formula is C17H22N4O2. The Morgan fingerprint density at radius 1 is 1.26 bits per heavy atom. The van der Waals surface area contributed by atoms with Crippen LogP contribution in [0.1, 0.15) is 30.1 Å². The third kappa shape index (κ3) is 3.27. The van der Waals surface area contributed by atoms with E-state index < -0.39 is 0 Å². The van der Waals surface area contributed by atoms with Gasteiger partial charge in [-0.25, -0.2) is 0 Å². The normalized spacial score (nSPS) is 15.8. The van der Waals surface area contributed by atoms with Gasteiger partial charge in [0.25, 0.3) is 5.91 Å². The SMILES string of the molecule is CCn1cnnc1-c1ccc(C(=O)N2CCC(CO)CC2)cc1. The predicted octanol–water partition coefficient (Wildman–Crippen LogP) is 1.81. The zero-order chi connectivity index (χ0) is 16.2. The molecule has 1 aliphatic heterocycles. The van der Waals surface area contributed by atoms with Crippen LogP contribution >= 0.6 is 0 Å². The van der Waals surface area contributed by atoms with E-state index in [9.17, 15) is 9.90 Å². The van der Waals surface area contributed by atoms with E-state index in [2.05, 4.69) is 10.2 Å². The van der Waals surface area contributed by atoms with Crippen molar-refractivity contribution in [2.75, 3.05) is 19.7 Å². The molecule has 1 aromatic heterocycles. The highest BCUT2D eigenvalue weighted by molar-refractivity contribution is 5.94. The zero-order valence-electron chi connectivity index (χ0n) is 13.4. The number of aliphatic hydroxyl groups is 1. The first kappa shape index (κ1) is 15.7. The van der Waals surface area contributed by atoms with E-state index in [4.69, 9.17) is 0 Å². The molecule has 1 N–H and O–H groups in total. The monoisotopic (exact) mass is 314 g/mol. The first-order valence-electron chi connectivity index (χ1n) is 8.11. The highest BCUT2D eigenvalue weighted by atomic mass is 16.3. The van der Waals surface area contributed by atoms with Crippen LogP contribution in [0.5, 0.6) is 0 Å². The van der Waals surface area contributed by atoms with Crippen molar-refractivity contribution >= 4 is 5.91 Å². The fourth-order valence-electron chi connectivity index (χ4n) is 2.97. The number of aromatic nitrogens is 3. The molecule has 2 aromatic rings. The first-order chi connectivity index (χ1) is 11.2. The van der Waals surface area contributed by atoms with Gasteiger partial charge in [-0.3, -0.25) is 4.79 Å². The molecule has 6 heteroatoms. The summed E-state index contributed by atoms with van der Waals surface area (Å²) in [7, 11) is 0. The van der Waals surface area contributed by atoms with Gasteiger partial charge in [0.2, 0.25) is 0 Å². The zero-order valence-corrected chi connectivity index (χ0v) is 13.4. The number of carbonyl (C=O) groups is 1. The summed E-state index contributed by atoms with van der Waals surface area (Å²) in [5.74, 6) is 1.21. The molecule has 0 spiro atoms. The van der Waals surface area contributed by atoms with Crippen molar-refractivity contribution in [3.05, 3.63) is 36.2 Å². The second kappa shape index (κ2) is 6.91. The highest BCUT2D eigenvalue weighted by Crippen LogP contribution is 2.21. The Morgan fingerprint density at radius 3 is 2.57 bits per heavy atom. The number of hydrogen-bond donors (Lipinski definition) is 1. The highest BCUT2D eigenvalue weighted by Gasteiger charge is 2.23. The van der Waals surface area contributed by atoms with Gasteiger partial charge in [-0.1, -0.05) is 12.1 Å². The van der Waals surface area contributed by atoms with Gasteiger partial charge in [0, 0.05) is 37.4 Å². The second-order valence-electron chi connectivity index (χ2n) is 5.94. The summed E-state index contributed by atoms with van der Waals surface area (Å²) < 4.78 is 1.97. The largest absolute Gasteiger partial charge is 0.396 e. The summed E-state index contributed by atoms with van der Waals surface area (Å²) in [5, 5.41) is 17.2. The number of likely N-dealkylation sites (tertiary alicyclic amines) is 1. The van der Waals surface area contributed by atoms with E-state index in [0.29, 0.717) is 11.5 Å². The molecule has 2 heterocycles. The molecule has 1 aliphatic rings. The number of carbonyl (C=O) groups excluding carboxylic acids is 1. The van der Waals surface area contributed by atoms with Crippen LogP contribution in [0.2, 0.25) is 0 Å². The minimum Gasteiger partial charge on any atom is -0.396 e. The quantitative estimate of drug-likeness (QED) is 0.934. The molecule has 0 bridgehead atoms. The first-order valence-corrected chi connectivity index (χ1v) is 8.11. The van der Waals surface area contributed by atoms with Crippen molar-refractivity contribution in [3.63, 3.8) is 0 Å². The molecule has 3 rings (SSSR count). The summed E-state index contributed by atoms with van der Waals surface area (Å²) in [6.07, 6.45) is 3.46. The van der Waals surface area contributed by atoms with E-state index >= 15 is 0 Å². The van der Waals surface area contributed by atoms with Crippen molar-refractivity contribution in [1.29, 1.82) is 0 Å². The van der Waals surface area contributed by atoms with Gasteiger partial charge in [0.15, 0.2) is 5.82 Å².